The highest BCUT2D eigenvalue weighted by atomic mass is 32.2. The fourth-order valence-electron chi connectivity index (χ4n) is 2.98. The van der Waals surface area contributed by atoms with Crippen molar-refractivity contribution in [3.63, 3.8) is 0 Å². The molecule has 0 aliphatic carbocycles. The maximum Gasteiger partial charge on any atom is 0.500 e. The van der Waals surface area contributed by atoms with Crippen molar-refractivity contribution in [3.05, 3.63) is 0 Å². The molecule has 0 aromatic carbocycles. The Bertz CT molecular complexity index is 394. The molecule has 0 aliphatic rings. The van der Waals surface area contributed by atoms with Crippen LogP contribution in [0.4, 0.5) is 0 Å². The molecule has 0 heterocycles. The van der Waals surface area contributed by atoms with Gasteiger partial charge < -0.3 is 13.3 Å². The summed E-state index contributed by atoms with van der Waals surface area (Å²) in [6.07, 6.45) is 11.4. The second-order valence-electron chi connectivity index (χ2n) is 6.92. The lowest BCUT2D eigenvalue weighted by atomic mass is 10.1. The second-order valence-corrected chi connectivity index (χ2v) is 11.3. The van der Waals surface area contributed by atoms with E-state index in [1.54, 1.807) is 21.3 Å². The van der Waals surface area contributed by atoms with Crippen LogP contribution in [0.15, 0.2) is 0 Å². The highest BCUT2D eigenvalue weighted by Crippen LogP contribution is 2.26. The summed E-state index contributed by atoms with van der Waals surface area (Å²) in [5.41, 5.74) is 0. The molecule has 0 amide bonds. The van der Waals surface area contributed by atoms with E-state index in [-0.39, 0.29) is 16.1 Å². The van der Waals surface area contributed by atoms with Crippen LogP contribution in [0.2, 0.25) is 6.04 Å². The van der Waals surface area contributed by atoms with Crippen LogP contribution in [-0.2, 0) is 22.9 Å². The van der Waals surface area contributed by atoms with Gasteiger partial charge in [0.1, 0.15) is 0 Å². The van der Waals surface area contributed by atoms with Crippen LogP contribution in [0.3, 0.4) is 0 Å². The Morgan fingerprint density at radius 3 is 1.85 bits per heavy atom. The molecule has 7 heteroatoms. The Hall–Kier alpha value is -0.213. The summed E-state index contributed by atoms with van der Waals surface area (Å²) in [6.45, 7) is 4.25. The predicted octanol–water partition coefficient (Wildman–Crippen LogP) is 5.39. The third kappa shape index (κ3) is 12.1. The molecule has 0 rings (SSSR count). The maximum atomic E-state index is 12.2. The molecule has 0 fully saturated rings. The van der Waals surface area contributed by atoms with Gasteiger partial charge >= 0.3 is 8.80 Å². The number of carbonyl (C=O) groups excluding carboxylic acids is 2. The van der Waals surface area contributed by atoms with Gasteiger partial charge in [-0.15, -0.1) is 0 Å². The molecule has 0 aromatic rings. The lowest BCUT2D eigenvalue weighted by Gasteiger charge is -2.25. The van der Waals surface area contributed by atoms with Gasteiger partial charge in [-0.25, -0.2) is 0 Å². The van der Waals surface area contributed by atoms with Crippen LogP contribution in [0, 0.1) is 0 Å². The molecule has 27 heavy (non-hydrogen) atoms. The normalized spacial score (nSPS) is 12.9. The van der Waals surface area contributed by atoms with Crippen molar-refractivity contribution in [1.29, 1.82) is 0 Å². The van der Waals surface area contributed by atoms with E-state index in [9.17, 15) is 9.59 Å². The first-order valence-electron chi connectivity index (χ1n) is 10.4. The SMILES string of the molecule is CCCCCCCCCCC(=O)C(=O)SC(CC)CC[Si](OC)(OC)OC. The van der Waals surface area contributed by atoms with E-state index in [0.29, 0.717) is 12.5 Å². The minimum Gasteiger partial charge on any atom is -0.377 e. The number of hydrogen-bond acceptors (Lipinski definition) is 6. The smallest absolute Gasteiger partial charge is 0.377 e. The summed E-state index contributed by atoms with van der Waals surface area (Å²) in [5.74, 6) is -0.238. The van der Waals surface area contributed by atoms with Crippen molar-refractivity contribution < 1.29 is 22.9 Å². The van der Waals surface area contributed by atoms with Gasteiger partial charge in [0.15, 0.2) is 0 Å². The van der Waals surface area contributed by atoms with Gasteiger partial charge in [-0.2, -0.15) is 0 Å². The quantitative estimate of drug-likeness (QED) is 0.168. The monoisotopic (exact) mass is 420 g/mol. The summed E-state index contributed by atoms with van der Waals surface area (Å²) in [4.78, 5) is 24.3. The van der Waals surface area contributed by atoms with E-state index in [4.69, 9.17) is 13.3 Å². The number of ketones is 1. The molecule has 0 aromatic heterocycles. The predicted molar refractivity (Wildman–Crippen MR) is 115 cm³/mol. The summed E-state index contributed by atoms with van der Waals surface area (Å²) in [7, 11) is 2.14. The highest BCUT2D eigenvalue weighted by molar-refractivity contribution is 8.15. The number of Topliss-reactive ketones (excluding diaryl/α,β-unsaturated/α-hetero) is 1. The number of unbranched alkanes of at least 4 members (excludes halogenated alkanes) is 7. The Kier molecular flexibility index (Phi) is 16.6. The molecule has 0 aliphatic heterocycles. The molecule has 0 bridgehead atoms. The van der Waals surface area contributed by atoms with Crippen LogP contribution in [-0.4, -0.2) is 46.3 Å². The number of rotatable bonds is 18. The zero-order valence-electron chi connectivity index (χ0n) is 18.0. The summed E-state index contributed by atoms with van der Waals surface area (Å²) in [5, 5.41) is -0.211. The topological polar surface area (TPSA) is 61.8 Å². The average molecular weight is 421 g/mol. The Morgan fingerprint density at radius 2 is 1.37 bits per heavy atom. The van der Waals surface area contributed by atoms with Crippen LogP contribution in [0.1, 0.15) is 84.5 Å². The van der Waals surface area contributed by atoms with Crippen molar-refractivity contribution in [2.24, 2.45) is 0 Å². The van der Waals surface area contributed by atoms with Gasteiger partial charge in [0.2, 0.25) is 5.78 Å². The van der Waals surface area contributed by atoms with E-state index >= 15 is 0 Å². The molecular formula is C20H40O5SSi. The van der Waals surface area contributed by atoms with E-state index in [1.165, 1.54) is 43.9 Å². The molecule has 160 valence electrons. The fourth-order valence-corrected chi connectivity index (χ4v) is 5.94. The van der Waals surface area contributed by atoms with Gasteiger partial charge in [-0.05, 0) is 19.3 Å². The van der Waals surface area contributed by atoms with Crippen LogP contribution in [0.25, 0.3) is 0 Å². The van der Waals surface area contributed by atoms with E-state index in [0.717, 1.165) is 32.1 Å². The third-order valence-electron chi connectivity index (χ3n) is 4.92. The molecule has 1 atom stereocenters. The lowest BCUT2D eigenvalue weighted by Crippen LogP contribution is -2.43. The summed E-state index contributed by atoms with van der Waals surface area (Å²) < 4.78 is 16.3. The number of hydrogen-bond donors (Lipinski definition) is 0. The lowest BCUT2D eigenvalue weighted by molar-refractivity contribution is -0.131. The minimum absolute atomic E-state index is 0.0901. The Labute approximate surface area is 171 Å². The molecule has 1 unspecified atom stereocenters. The molecule has 0 saturated heterocycles. The van der Waals surface area contributed by atoms with Crippen molar-refractivity contribution in [1.82, 2.24) is 0 Å². The second kappa shape index (κ2) is 16.7. The molecule has 5 nitrogen and oxygen atoms in total. The summed E-state index contributed by atoms with van der Waals surface area (Å²) >= 11 is 1.17. The van der Waals surface area contributed by atoms with Gasteiger partial charge in [0.05, 0.1) is 0 Å². The van der Waals surface area contributed by atoms with Crippen molar-refractivity contribution in [3.8, 4) is 0 Å². The Balaban J connectivity index is 4.08. The molecular weight excluding hydrogens is 380 g/mol. The van der Waals surface area contributed by atoms with E-state index in [1.807, 2.05) is 6.92 Å². The zero-order chi connectivity index (χ0) is 20.5. The maximum absolute atomic E-state index is 12.2. The van der Waals surface area contributed by atoms with Crippen molar-refractivity contribution in [2.75, 3.05) is 21.3 Å². The number of thioether (sulfide) groups is 1. The van der Waals surface area contributed by atoms with Crippen molar-refractivity contribution in [2.45, 2.75) is 95.8 Å². The average Bonchev–Trinajstić information content (AvgIpc) is 2.70. The summed E-state index contributed by atoms with van der Waals surface area (Å²) in [6, 6.07) is 0.640. The van der Waals surface area contributed by atoms with Crippen LogP contribution >= 0.6 is 11.8 Å². The first-order chi connectivity index (χ1) is 13.0. The molecule has 0 spiro atoms. The standard InChI is InChI=1S/C20H40O5SSi/c1-6-8-9-10-11-12-13-14-15-19(21)20(22)26-18(7-2)16-17-27(23-3,24-4)25-5/h18H,6-17H2,1-5H3. The first kappa shape index (κ1) is 26.8. The highest BCUT2D eigenvalue weighted by Gasteiger charge is 2.38. The van der Waals surface area contributed by atoms with Gasteiger partial charge in [-0.1, -0.05) is 70.6 Å². The van der Waals surface area contributed by atoms with E-state index in [2.05, 4.69) is 6.92 Å². The van der Waals surface area contributed by atoms with Gasteiger partial charge in [0, 0.05) is 39.0 Å². The van der Waals surface area contributed by atoms with Gasteiger partial charge in [0.25, 0.3) is 5.12 Å². The van der Waals surface area contributed by atoms with Crippen LogP contribution < -0.4 is 0 Å². The Morgan fingerprint density at radius 1 is 0.852 bits per heavy atom. The third-order valence-corrected chi connectivity index (χ3v) is 9.03. The molecule has 0 radical (unpaired) electrons. The largest absolute Gasteiger partial charge is 0.500 e. The zero-order valence-corrected chi connectivity index (χ0v) is 19.8. The first-order valence-corrected chi connectivity index (χ1v) is 13.2. The van der Waals surface area contributed by atoms with Crippen LogP contribution in [0.5, 0.6) is 0 Å². The van der Waals surface area contributed by atoms with Gasteiger partial charge in [-0.3, -0.25) is 9.59 Å². The fraction of sp³-hybridized carbons (Fsp3) is 0.900. The number of carbonyl (C=O) groups is 2. The minimum atomic E-state index is -2.63. The molecule has 0 N–H and O–H groups in total. The van der Waals surface area contributed by atoms with E-state index < -0.39 is 8.80 Å². The molecule has 0 saturated carbocycles. The van der Waals surface area contributed by atoms with Crippen molar-refractivity contribution >= 4 is 31.5 Å².